The van der Waals surface area contributed by atoms with Crippen LogP contribution in [-0.4, -0.2) is 29.0 Å². The second-order valence-corrected chi connectivity index (χ2v) is 4.47. The normalized spacial score (nSPS) is 28.9. The van der Waals surface area contributed by atoms with Gasteiger partial charge in [0.05, 0.1) is 5.92 Å². The van der Waals surface area contributed by atoms with Gasteiger partial charge in [-0.05, 0) is 17.7 Å². The van der Waals surface area contributed by atoms with Crippen molar-refractivity contribution in [3.05, 3.63) is 45.0 Å². The molecule has 0 amide bonds. The van der Waals surface area contributed by atoms with Crippen molar-refractivity contribution in [1.82, 2.24) is 0 Å². The number of hydrogen-bond acceptors (Lipinski definition) is 4. The lowest BCUT2D eigenvalue weighted by atomic mass is 9.87. The molecule has 0 aromatic heterocycles. The summed E-state index contributed by atoms with van der Waals surface area (Å²) < 4.78 is 4.92. The van der Waals surface area contributed by atoms with Crippen molar-refractivity contribution < 1.29 is 14.8 Å². The molecule has 0 spiro atoms. The van der Waals surface area contributed by atoms with E-state index in [2.05, 4.69) is 0 Å². The van der Waals surface area contributed by atoms with Gasteiger partial charge in [0.25, 0.3) is 0 Å². The fourth-order valence-electron chi connectivity index (χ4n) is 2.04. The quantitative estimate of drug-likeness (QED) is 0.648. The van der Waals surface area contributed by atoms with Crippen molar-refractivity contribution in [3.8, 4) is 0 Å². The summed E-state index contributed by atoms with van der Waals surface area (Å²) in [4.78, 5) is 10.6. The van der Waals surface area contributed by atoms with E-state index >= 15 is 0 Å². The molecule has 1 saturated heterocycles. The van der Waals surface area contributed by atoms with Crippen molar-refractivity contribution in [1.29, 1.82) is 0 Å². The Morgan fingerprint density at radius 3 is 2.65 bits per heavy atom. The van der Waals surface area contributed by atoms with Crippen LogP contribution in [0.2, 0.25) is 5.02 Å². The smallest absolute Gasteiger partial charge is 0.243 e. The van der Waals surface area contributed by atoms with Gasteiger partial charge in [-0.25, -0.2) is 0 Å². The Kier molecular flexibility index (Phi) is 3.61. The Labute approximate surface area is 103 Å². The Balaban J connectivity index is 2.25. The van der Waals surface area contributed by atoms with Crippen LogP contribution in [0.3, 0.4) is 0 Å². The van der Waals surface area contributed by atoms with Crippen molar-refractivity contribution in [3.63, 3.8) is 0 Å². The van der Waals surface area contributed by atoms with Crippen molar-refractivity contribution in [2.24, 2.45) is 0 Å². The van der Waals surface area contributed by atoms with Gasteiger partial charge in [0.2, 0.25) is 6.04 Å². The molecule has 1 aliphatic heterocycles. The van der Waals surface area contributed by atoms with Gasteiger partial charge in [-0.2, -0.15) is 0 Å². The number of ether oxygens (including phenoxy) is 1. The van der Waals surface area contributed by atoms with Crippen molar-refractivity contribution in [2.75, 3.05) is 6.61 Å². The Morgan fingerprint density at radius 1 is 1.41 bits per heavy atom. The van der Waals surface area contributed by atoms with Crippen LogP contribution < -0.4 is 0 Å². The molecule has 1 heterocycles. The highest BCUT2D eigenvalue weighted by molar-refractivity contribution is 6.30. The lowest BCUT2D eigenvalue weighted by molar-refractivity contribution is -0.538. The van der Waals surface area contributed by atoms with Crippen molar-refractivity contribution in [2.45, 2.75) is 24.7 Å². The van der Waals surface area contributed by atoms with Crippen LogP contribution in [0.25, 0.3) is 0 Å². The van der Waals surface area contributed by atoms with Gasteiger partial charge >= 0.3 is 0 Å². The van der Waals surface area contributed by atoms with Crippen LogP contribution in [0.4, 0.5) is 0 Å². The van der Waals surface area contributed by atoms with Gasteiger partial charge < -0.3 is 9.84 Å². The van der Waals surface area contributed by atoms with Gasteiger partial charge in [-0.1, -0.05) is 23.7 Å². The molecule has 0 saturated carbocycles. The standard InChI is InChI=1S/C11H12ClNO4/c12-8-3-1-7(2-4-8)9-5-11(14)17-6-10(9)13(15)16/h1-4,9-11,14H,5-6H2/t9-,10+,11+/m0/s1. The van der Waals surface area contributed by atoms with Gasteiger partial charge in [-0.3, -0.25) is 10.1 Å². The second kappa shape index (κ2) is 5.00. The molecule has 0 bridgehead atoms. The highest BCUT2D eigenvalue weighted by Crippen LogP contribution is 2.31. The number of benzene rings is 1. The van der Waals surface area contributed by atoms with E-state index in [1.807, 2.05) is 0 Å². The van der Waals surface area contributed by atoms with Crippen LogP contribution in [-0.2, 0) is 4.74 Å². The summed E-state index contributed by atoms with van der Waals surface area (Å²) in [6.45, 7) is -0.0680. The maximum absolute atomic E-state index is 10.9. The lowest BCUT2D eigenvalue weighted by Gasteiger charge is -2.29. The predicted octanol–water partition coefficient (Wildman–Crippen LogP) is 1.81. The highest BCUT2D eigenvalue weighted by Gasteiger charge is 2.39. The fourth-order valence-corrected chi connectivity index (χ4v) is 2.17. The SMILES string of the molecule is O=[N+]([O-])[C@@H]1CO[C@@H](O)C[C@H]1c1ccc(Cl)cc1. The minimum absolute atomic E-state index is 0.0680. The average molecular weight is 258 g/mol. The van der Waals surface area contributed by atoms with Gasteiger partial charge in [0, 0.05) is 16.4 Å². The highest BCUT2D eigenvalue weighted by atomic mass is 35.5. The molecule has 1 fully saturated rings. The number of aliphatic hydroxyl groups excluding tert-OH is 1. The third kappa shape index (κ3) is 2.74. The molecule has 3 atom stereocenters. The summed E-state index contributed by atoms with van der Waals surface area (Å²) in [6, 6.07) is 6.06. The minimum atomic E-state index is -0.938. The van der Waals surface area contributed by atoms with Crippen LogP contribution in [0, 0.1) is 10.1 Å². The zero-order chi connectivity index (χ0) is 12.4. The second-order valence-electron chi connectivity index (χ2n) is 4.03. The molecule has 1 aliphatic rings. The lowest BCUT2D eigenvalue weighted by Crippen LogP contribution is -2.40. The van der Waals surface area contributed by atoms with E-state index in [0.29, 0.717) is 5.02 Å². The van der Waals surface area contributed by atoms with Crippen LogP contribution in [0.5, 0.6) is 0 Å². The van der Waals surface area contributed by atoms with Gasteiger partial charge in [-0.15, -0.1) is 0 Å². The first-order valence-electron chi connectivity index (χ1n) is 5.26. The zero-order valence-electron chi connectivity index (χ0n) is 8.95. The summed E-state index contributed by atoms with van der Waals surface area (Å²) in [5.74, 6) is -0.342. The predicted molar refractivity (Wildman–Crippen MR) is 61.6 cm³/mol. The summed E-state index contributed by atoms with van der Waals surface area (Å²) in [6.07, 6.45) is -0.709. The van der Waals surface area contributed by atoms with E-state index in [-0.39, 0.29) is 23.9 Å². The largest absolute Gasteiger partial charge is 0.368 e. The topological polar surface area (TPSA) is 72.6 Å². The van der Waals surface area contributed by atoms with E-state index in [4.69, 9.17) is 16.3 Å². The Bertz CT molecular complexity index is 408. The molecular weight excluding hydrogens is 246 g/mol. The monoisotopic (exact) mass is 257 g/mol. The number of rotatable bonds is 2. The van der Waals surface area contributed by atoms with E-state index in [1.165, 1.54) is 0 Å². The number of halogens is 1. The van der Waals surface area contributed by atoms with Crippen LogP contribution in [0.1, 0.15) is 17.9 Å². The number of hydrogen-bond donors (Lipinski definition) is 1. The van der Waals surface area contributed by atoms with Crippen molar-refractivity contribution >= 4 is 11.6 Å². The third-order valence-corrected chi connectivity index (χ3v) is 3.20. The molecule has 1 aromatic carbocycles. The molecule has 6 heteroatoms. The summed E-state index contributed by atoms with van der Waals surface area (Å²) in [7, 11) is 0. The van der Waals surface area contributed by atoms with E-state index in [1.54, 1.807) is 24.3 Å². The maximum atomic E-state index is 10.9. The van der Waals surface area contributed by atoms with E-state index < -0.39 is 12.3 Å². The van der Waals surface area contributed by atoms with Crippen LogP contribution in [0.15, 0.2) is 24.3 Å². The number of nitrogens with zero attached hydrogens (tertiary/aromatic N) is 1. The third-order valence-electron chi connectivity index (χ3n) is 2.95. The molecular formula is C11H12ClNO4. The molecule has 92 valence electrons. The van der Waals surface area contributed by atoms with E-state index in [0.717, 1.165) is 5.56 Å². The van der Waals surface area contributed by atoms with Crippen LogP contribution >= 0.6 is 11.6 Å². The first-order valence-corrected chi connectivity index (χ1v) is 5.64. The summed E-state index contributed by atoms with van der Waals surface area (Å²) in [5.41, 5.74) is 0.804. The summed E-state index contributed by atoms with van der Waals surface area (Å²) in [5, 5.41) is 20.9. The molecule has 1 aromatic rings. The summed E-state index contributed by atoms with van der Waals surface area (Å²) >= 11 is 5.77. The molecule has 5 nitrogen and oxygen atoms in total. The molecule has 0 unspecified atom stereocenters. The molecule has 0 aliphatic carbocycles. The zero-order valence-corrected chi connectivity index (χ0v) is 9.71. The average Bonchev–Trinajstić information content (AvgIpc) is 2.29. The maximum Gasteiger partial charge on any atom is 0.243 e. The molecule has 2 rings (SSSR count). The Hall–Kier alpha value is -1.17. The van der Waals surface area contributed by atoms with Gasteiger partial charge in [0.1, 0.15) is 6.61 Å². The fraction of sp³-hybridized carbons (Fsp3) is 0.455. The van der Waals surface area contributed by atoms with Gasteiger partial charge in [0.15, 0.2) is 6.29 Å². The molecule has 0 radical (unpaired) electrons. The first-order chi connectivity index (χ1) is 8.08. The number of aliphatic hydroxyl groups is 1. The van der Waals surface area contributed by atoms with E-state index in [9.17, 15) is 15.2 Å². The molecule has 17 heavy (non-hydrogen) atoms. The minimum Gasteiger partial charge on any atom is -0.368 e. The number of nitro groups is 1. The first kappa shape index (κ1) is 12.3. The Morgan fingerprint density at radius 2 is 2.06 bits per heavy atom. The molecule has 1 N–H and O–H groups in total.